The predicted molar refractivity (Wildman–Crippen MR) is 164 cm³/mol. The molecule has 41 heavy (non-hydrogen) atoms. The molecule has 0 heterocycles. The summed E-state index contributed by atoms with van der Waals surface area (Å²) in [7, 11) is 0. The number of carbonyl (C=O) groups excluding carboxylic acids is 3. The molecule has 0 aliphatic rings. The molecule has 0 radical (unpaired) electrons. The summed E-state index contributed by atoms with van der Waals surface area (Å²) in [6, 6.07) is 11.5. The molecule has 0 saturated carbocycles. The number of hydrogen-bond acceptors (Lipinski definition) is 5. The smallest absolute Gasteiger partial charge is 0.408 e. The number of para-hydroxylation sites is 1. The average molecular weight is 568 g/mol. The number of phenolic OH excluding ortho intramolecular Hbond substituents is 1. The number of nitrogens with zero attached hydrogens (tertiary/aromatic N) is 1. The number of rotatable bonds is 12. The van der Waals surface area contributed by atoms with Crippen LogP contribution in [0, 0.1) is 18.8 Å². The van der Waals surface area contributed by atoms with Gasteiger partial charge in [-0.25, -0.2) is 4.79 Å². The second-order valence-corrected chi connectivity index (χ2v) is 12.4. The molecule has 0 spiro atoms. The number of aryl methyl sites for hydroxylation is 1. The van der Waals surface area contributed by atoms with Gasteiger partial charge in [0.2, 0.25) is 5.91 Å². The Bertz CT molecular complexity index is 1160. The van der Waals surface area contributed by atoms with Crippen LogP contribution in [0.3, 0.4) is 0 Å². The van der Waals surface area contributed by atoms with Gasteiger partial charge in [0.15, 0.2) is 0 Å². The minimum absolute atomic E-state index is 0.0571. The first-order valence-electron chi connectivity index (χ1n) is 14.6. The zero-order valence-corrected chi connectivity index (χ0v) is 26.2. The van der Waals surface area contributed by atoms with E-state index in [1.165, 1.54) is 12.1 Å². The monoisotopic (exact) mass is 567 g/mol. The Balaban J connectivity index is 2.65. The van der Waals surface area contributed by atoms with Gasteiger partial charge < -0.3 is 25.4 Å². The maximum atomic E-state index is 14.6. The van der Waals surface area contributed by atoms with Gasteiger partial charge in [0.25, 0.3) is 5.91 Å². The van der Waals surface area contributed by atoms with Gasteiger partial charge in [0.05, 0.1) is 0 Å². The molecule has 0 bridgehead atoms. The van der Waals surface area contributed by atoms with Crippen molar-refractivity contribution in [2.24, 2.45) is 11.8 Å². The highest BCUT2D eigenvalue weighted by atomic mass is 16.6. The molecule has 2 aromatic carbocycles. The van der Waals surface area contributed by atoms with Gasteiger partial charge >= 0.3 is 6.09 Å². The number of carbonyl (C=O) groups is 3. The van der Waals surface area contributed by atoms with E-state index in [0.29, 0.717) is 30.0 Å². The quantitative estimate of drug-likeness (QED) is 0.257. The van der Waals surface area contributed by atoms with E-state index in [-0.39, 0.29) is 29.5 Å². The van der Waals surface area contributed by atoms with Crippen LogP contribution in [0.25, 0.3) is 0 Å². The fraction of sp³-hybridized carbons (Fsp3) is 0.545. The lowest BCUT2D eigenvalue weighted by Crippen LogP contribution is -2.57. The lowest BCUT2D eigenvalue weighted by atomic mass is 9.93. The normalized spacial score (nSPS) is 14.5. The van der Waals surface area contributed by atoms with E-state index in [1.807, 2.05) is 52.0 Å². The first-order chi connectivity index (χ1) is 19.1. The summed E-state index contributed by atoms with van der Waals surface area (Å²) < 4.78 is 5.50. The second-order valence-electron chi connectivity index (χ2n) is 12.4. The van der Waals surface area contributed by atoms with E-state index < -0.39 is 23.8 Å². The van der Waals surface area contributed by atoms with E-state index in [4.69, 9.17) is 4.74 Å². The number of aromatic hydroxyl groups is 1. The van der Waals surface area contributed by atoms with Crippen LogP contribution in [0.15, 0.2) is 48.5 Å². The Hall–Kier alpha value is -3.55. The number of anilines is 1. The van der Waals surface area contributed by atoms with E-state index in [9.17, 15) is 19.5 Å². The molecule has 0 aliphatic carbocycles. The number of amides is 3. The van der Waals surface area contributed by atoms with Gasteiger partial charge in [0.1, 0.15) is 23.4 Å². The molecule has 2 rings (SSSR count). The fourth-order valence-corrected chi connectivity index (χ4v) is 4.60. The van der Waals surface area contributed by atoms with Crippen molar-refractivity contribution in [3.63, 3.8) is 0 Å². The average Bonchev–Trinajstić information content (AvgIpc) is 2.89. The van der Waals surface area contributed by atoms with Crippen molar-refractivity contribution in [3.05, 3.63) is 59.7 Å². The summed E-state index contributed by atoms with van der Waals surface area (Å²) >= 11 is 0. The molecule has 0 aliphatic heterocycles. The van der Waals surface area contributed by atoms with Gasteiger partial charge in [-0.1, -0.05) is 64.4 Å². The Labute approximate surface area is 245 Å². The molecular weight excluding hydrogens is 518 g/mol. The minimum atomic E-state index is -1.02. The van der Waals surface area contributed by atoms with Crippen LogP contribution in [-0.4, -0.2) is 45.6 Å². The summed E-state index contributed by atoms with van der Waals surface area (Å²) in [6.45, 7) is 17.2. The van der Waals surface area contributed by atoms with Gasteiger partial charge in [0, 0.05) is 11.7 Å². The van der Waals surface area contributed by atoms with Crippen molar-refractivity contribution in [1.29, 1.82) is 0 Å². The first kappa shape index (κ1) is 33.7. The van der Waals surface area contributed by atoms with Crippen LogP contribution in [0.5, 0.6) is 5.75 Å². The third-order valence-corrected chi connectivity index (χ3v) is 7.18. The Morgan fingerprint density at radius 2 is 1.56 bits per heavy atom. The third-order valence-electron chi connectivity index (χ3n) is 7.18. The minimum Gasteiger partial charge on any atom is -0.508 e. The Kier molecular flexibility index (Phi) is 12.2. The van der Waals surface area contributed by atoms with E-state index in [2.05, 4.69) is 24.5 Å². The molecule has 4 atom stereocenters. The summed E-state index contributed by atoms with van der Waals surface area (Å²) in [5, 5.41) is 15.8. The van der Waals surface area contributed by atoms with Crippen molar-refractivity contribution >= 4 is 23.6 Å². The molecule has 3 amide bonds. The molecule has 8 heteroatoms. The van der Waals surface area contributed by atoms with Crippen molar-refractivity contribution < 1.29 is 24.2 Å². The maximum Gasteiger partial charge on any atom is 0.408 e. The van der Waals surface area contributed by atoms with Crippen LogP contribution in [0.2, 0.25) is 0 Å². The highest BCUT2D eigenvalue weighted by molar-refractivity contribution is 5.99. The SMILES string of the molecule is CCC(C)C(NC(=O)OC(C)(C)C)C(=O)N(C(C)CCC(C)C)C(C(=O)Nc1ccccc1C)c1ccc(O)cc1. The molecule has 0 fully saturated rings. The topological polar surface area (TPSA) is 108 Å². The molecular formula is C33H49N3O5. The third kappa shape index (κ3) is 10.1. The molecule has 3 N–H and O–H groups in total. The summed E-state index contributed by atoms with van der Waals surface area (Å²) in [5.41, 5.74) is 1.35. The number of hydrogen-bond donors (Lipinski definition) is 3. The summed E-state index contributed by atoms with van der Waals surface area (Å²) in [6.07, 6.45) is 1.45. The number of benzene rings is 2. The summed E-state index contributed by atoms with van der Waals surface area (Å²) in [4.78, 5) is 43.2. The largest absolute Gasteiger partial charge is 0.508 e. The number of ether oxygens (including phenoxy) is 1. The van der Waals surface area contributed by atoms with E-state index >= 15 is 0 Å². The van der Waals surface area contributed by atoms with Crippen molar-refractivity contribution in [2.75, 3.05) is 5.32 Å². The molecule has 4 unspecified atom stereocenters. The van der Waals surface area contributed by atoms with Crippen LogP contribution in [0.1, 0.15) is 91.8 Å². The number of alkyl carbamates (subject to hydrolysis) is 1. The Morgan fingerprint density at radius 3 is 2.10 bits per heavy atom. The van der Waals surface area contributed by atoms with E-state index in [0.717, 1.165) is 12.0 Å². The van der Waals surface area contributed by atoms with Crippen LogP contribution in [-0.2, 0) is 14.3 Å². The highest BCUT2D eigenvalue weighted by Gasteiger charge is 2.40. The molecule has 0 saturated heterocycles. The van der Waals surface area contributed by atoms with Gasteiger partial charge in [-0.3, -0.25) is 9.59 Å². The molecule has 8 nitrogen and oxygen atoms in total. The van der Waals surface area contributed by atoms with Gasteiger partial charge in [-0.15, -0.1) is 0 Å². The van der Waals surface area contributed by atoms with E-state index in [1.54, 1.807) is 37.8 Å². The zero-order valence-electron chi connectivity index (χ0n) is 26.2. The predicted octanol–water partition coefficient (Wildman–Crippen LogP) is 6.97. The van der Waals surface area contributed by atoms with Crippen LogP contribution >= 0.6 is 0 Å². The van der Waals surface area contributed by atoms with Gasteiger partial charge in [-0.2, -0.15) is 0 Å². The van der Waals surface area contributed by atoms with Crippen molar-refractivity contribution in [1.82, 2.24) is 10.2 Å². The summed E-state index contributed by atoms with van der Waals surface area (Å²) in [5.74, 6) is -0.515. The number of nitrogens with one attached hydrogen (secondary N) is 2. The van der Waals surface area contributed by atoms with Crippen molar-refractivity contribution in [3.8, 4) is 5.75 Å². The lowest BCUT2D eigenvalue weighted by Gasteiger charge is -2.40. The molecule has 2 aromatic rings. The molecule has 226 valence electrons. The standard InChI is InChI=1S/C33H49N3O5/c1-10-22(4)28(35-32(40)41-33(7,8)9)31(39)36(24(6)16-15-21(2)3)29(25-17-19-26(37)20-18-25)30(38)34-27-14-12-11-13-23(27)5/h11-14,17-22,24,28-29,37H,10,15-16H2,1-9H3,(H,34,38)(H,35,40). The zero-order chi connectivity index (χ0) is 30.9. The fourth-order valence-electron chi connectivity index (χ4n) is 4.60. The number of phenols is 1. The first-order valence-corrected chi connectivity index (χ1v) is 14.6. The Morgan fingerprint density at radius 1 is 0.951 bits per heavy atom. The lowest BCUT2D eigenvalue weighted by molar-refractivity contribution is -0.144. The second kappa shape index (κ2) is 14.9. The van der Waals surface area contributed by atoms with Gasteiger partial charge in [-0.05, 0) is 88.6 Å². The van der Waals surface area contributed by atoms with Crippen LogP contribution < -0.4 is 10.6 Å². The van der Waals surface area contributed by atoms with Crippen LogP contribution in [0.4, 0.5) is 10.5 Å². The van der Waals surface area contributed by atoms with Crippen molar-refractivity contribution in [2.45, 2.75) is 105 Å². The highest BCUT2D eigenvalue weighted by Crippen LogP contribution is 2.31. The maximum absolute atomic E-state index is 14.6. The molecule has 0 aromatic heterocycles.